The van der Waals surface area contributed by atoms with Crippen molar-refractivity contribution in [2.24, 2.45) is 5.92 Å². The molecule has 3 aromatic rings. The number of fused-ring (bicyclic) bond motifs is 5. The number of aryl methyl sites for hydroxylation is 3. The first-order chi connectivity index (χ1) is 11.5. The number of benzene rings is 2. The Morgan fingerprint density at radius 2 is 1.88 bits per heavy atom. The standard InChI is InChI=1S/C23H26N/c1-15(2)12-18-6-5-7-22-20(18)8-9-23-21-14-16(3)13-17(4)19(21)10-11-24(22)23/h5-9,13-15H,10-12H2,1-4H3/q+1. The summed E-state index contributed by atoms with van der Waals surface area (Å²) in [5.74, 6) is 0.683. The van der Waals surface area contributed by atoms with Crippen LogP contribution in [0.2, 0.25) is 0 Å². The van der Waals surface area contributed by atoms with Gasteiger partial charge in [-0.05, 0) is 55.0 Å². The van der Waals surface area contributed by atoms with Gasteiger partial charge in [0.05, 0.1) is 5.56 Å². The Labute approximate surface area is 145 Å². The van der Waals surface area contributed by atoms with Crippen molar-refractivity contribution in [1.29, 1.82) is 0 Å². The summed E-state index contributed by atoms with van der Waals surface area (Å²) in [7, 11) is 0. The van der Waals surface area contributed by atoms with E-state index in [1.54, 1.807) is 0 Å². The van der Waals surface area contributed by atoms with Crippen LogP contribution in [0.25, 0.3) is 22.2 Å². The molecule has 0 unspecified atom stereocenters. The smallest absolute Gasteiger partial charge is 0.191 e. The zero-order valence-electron chi connectivity index (χ0n) is 15.2. The van der Waals surface area contributed by atoms with Crippen LogP contribution < -0.4 is 4.57 Å². The minimum atomic E-state index is 0.683. The lowest BCUT2D eigenvalue weighted by atomic mass is 9.90. The van der Waals surface area contributed by atoms with Crippen molar-refractivity contribution in [3.05, 3.63) is 64.7 Å². The third-order valence-corrected chi connectivity index (χ3v) is 5.27. The van der Waals surface area contributed by atoms with Crippen molar-refractivity contribution < 1.29 is 4.57 Å². The van der Waals surface area contributed by atoms with Gasteiger partial charge in [-0.25, -0.2) is 0 Å². The highest BCUT2D eigenvalue weighted by Gasteiger charge is 2.26. The molecular formula is C23H26N+. The predicted octanol–water partition coefficient (Wildman–Crippen LogP) is 5.17. The summed E-state index contributed by atoms with van der Waals surface area (Å²) in [5, 5.41) is 1.42. The van der Waals surface area contributed by atoms with Gasteiger partial charge < -0.3 is 0 Å². The minimum Gasteiger partial charge on any atom is -0.191 e. The molecule has 1 aromatic heterocycles. The summed E-state index contributed by atoms with van der Waals surface area (Å²) in [6.45, 7) is 10.1. The highest BCUT2D eigenvalue weighted by molar-refractivity contribution is 5.82. The van der Waals surface area contributed by atoms with E-state index in [1.807, 2.05) is 0 Å². The van der Waals surface area contributed by atoms with E-state index in [-0.39, 0.29) is 0 Å². The van der Waals surface area contributed by atoms with Gasteiger partial charge >= 0.3 is 0 Å². The molecule has 0 spiro atoms. The number of nitrogens with zero attached hydrogens (tertiary/aromatic N) is 1. The lowest BCUT2D eigenvalue weighted by molar-refractivity contribution is -0.661. The van der Waals surface area contributed by atoms with E-state index < -0.39 is 0 Å². The third-order valence-electron chi connectivity index (χ3n) is 5.27. The Morgan fingerprint density at radius 1 is 1.04 bits per heavy atom. The second kappa shape index (κ2) is 5.73. The molecule has 0 atom stereocenters. The largest absolute Gasteiger partial charge is 0.213 e. The SMILES string of the molecule is Cc1cc(C)c2c(c1)-c1ccc3c(CC(C)C)cccc3[n+]1CC2. The van der Waals surface area contributed by atoms with E-state index in [0.717, 1.165) is 19.4 Å². The molecule has 1 aliphatic rings. The summed E-state index contributed by atoms with van der Waals surface area (Å²) in [4.78, 5) is 0. The molecule has 0 bridgehead atoms. The Hall–Kier alpha value is -2.15. The summed E-state index contributed by atoms with van der Waals surface area (Å²) in [6.07, 6.45) is 2.28. The van der Waals surface area contributed by atoms with E-state index in [2.05, 4.69) is 74.7 Å². The fraction of sp³-hybridized carbons (Fsp3) is 0.348. The van der Waals surface area contributed by atoms with Crippen molar-refractivity contribution in [2.45, 2.75) is 47.1 Å². The quantitative estimate of drug-likeness (QED) is 0.575. The summed E-state index contributed by atoms with van der Waals surface area (Å²) >= 11 is 0. The summed E-state index contributed by atoms with van der Waals surface area (Å²) in [5.41, 5.74) is 9.98. The second-order valence-corrected chi connectivity index (χ2v) is 7.68. The van der Waals surface area contributed by atoms with Gasteiger partial charge in [-0.2, -0.15) is 4.57 Å². The predicted molar refractivity (Wildman–Crippen MR) is 101 cm³/mol. The van der Waals surface area contributed by atoms with Gasteiger partial charge in [0.25, 0.3) is 0 Å². The molecule has 0 aliphatic carbocycles. The molecule has 24 heavy (non-hydrogen) atoms. The van der Waals surface area contributed by atoms with Crippen LogP contribution in [-0.4, -0.2) is 0 Å². The topological polar surface area (TPSA) is 3.88 Å². The van der Waals surface area contributed by atoms with Crippen LogP contribution in [0.5, 0.6) is 0 Å². The molecule has 1 heteroatoms. The molecule has 0 radical (unpaired) electrons. The lowest BCUT2D eigenvalue weighted by Gasteiger charge is -2.19. The van der Waals surface area contributed by atoms with Crippen LogP contribution in [0.1, 0.15) is 36.1 Å². The highest BCUT2D eigenvalue weighted by atomic mass is 15.0. The minimum absolute atomic E-state index is 0.683. The van der Waals surface area contributed by atoms with Crippen LogP contribution in [0, 0.1) is 19.8 Å². The molecule has 2 heterocycles. The van der Waals surface area contributed by atoms with Crippen LogP contribution in [0.4, 0.5) is 0 Å². The summed E-state index contributed by atoms with van der Waals surface area (Å²) in [6, 6.07) is 16.2. The molecular weight excluding hydrogens is 290 g/mol. The van der Waals surface area contributed by atoms with Crippen LogP contribution in [-0.2, 0) is 19.4 Å². The van der Waals surface area contributed by atoms with Crippen molar-refractivity contribution >= 4 is 10.9 Å². The van der Waals surface area contributed by atoms with Crippen LogP contribution in [0.3, 0.4) is 0 Å². The average molecular weight is 316 g/mol. The van der Waals surface area contributed by atoms with Gasteiger partial charge in [0.1, 0.15) is 0 Å². The molecule has 4 rings (SSSR count). The zero-order valence-corrected chi connectivity index (χ0v) is 15.2. The fourth-order valence-corrected chi connectivity index (χ4v) is 4.28. The molecule has 1 nitrogen and oxygen atoms in total. The molecule has 0 amide bonds. The van der Waals surface area contributed by atoms with E-state index >= 15 is 0 Å². The van der Waals surface area contributed by atoms with Gasteiger partial charge in [-0.15, -0.1) is 0 Å². The molecule has 2 aromatic carbocycles. The third kappa shape index (κ3) is 2.43. The van der Waals surface area contributed by atoms with Crippen molar-refractivity contribution in [1.82, 2.24) is 0 Å². The maximum absolute atomic E-state index is 2.53. The van der Waals surface area contributed by atoms with Gasteiger partial charge in [0.2, 0.25) is 11.2 Å². The molecule has 0 saturated heterocycles. The van der Waals surface area contributed by atoms with Gasteiger partial charge in [-0.3, -0.25) is 0 Å². The maximum Gasteiger partial charge on any atom is 0.213 e. The van der Waals surface area contributed by atoms with Crippen molar-refractivity contribution in [3.63, 3.8) is 0 Å². The van der Waals surface area contributed by atoms with Crippen LogP contribution in [0.15, 0.2) is 42.5 Å². The highest BCUT2D eigenvalue weighted by Crippen LogP contribution is 2.31. The molecule has 0 fully saturated rings. The number of aromatic nitrogens is 1. The Morgan fingerprint density at radius 3 is 2.67 bits per heavy atom. The van der Waals surface area contributed by atoms with Gasteiger partial charge in [-0.1, -0.05) is 37.6 Å². The lowest BCUT2D eigenvalue weighted by Crippen LogP contribution is -2.41. The number of hydrogen-bond donors (Lipinski definition) is 0. The number of pyridine rings is 1. The Bertz CT molecular complexity index is 934. The van der Waals surface area contributed by atoms with E-state index in [4.69, 9.17) is 0 Å². The molecule has 122 valence electrons. The van der Waals surface area contributed by atoms with Gasteiger partial charge in [0.15, 0.2) is 6.54 Å². The first kappa shape index (κ1) is 15.4. The summed E-state index contributed by atoms with van der Waals surface area (Å²) < 4.78 is 2.53. The zero-order chi connectivity index (χ0) is 16.8. The number of hydrogen-bond acceptors (Lipinski definition) is 0. The fourth-order valence-electron chi connectivity index (χ4n) is 4.28. The average Bonchev–Trinajstić information content (AvgIpc) is 2.54. The first-order valence-electron chi connectivity index (χ1n) is 9.09. The monoisotopic (exact) mass is 316 g/mol. The Balaban J connectivity index is 1.97. The number of rotatable bonds is 2. The normalized spacial score (nSPS) is 13.2. The van der Waals surface area contributed by atoms with Crippen LogP contribution >= 0.6 is 0 Å². The van der Waals surface area contributed by atoms with Gasteiger partial charge in [0, 0.05) is 23.9 Å². The van der Waals surface area contributed by atoms with Crippen molar-refractivity contribution in [2.75, 3.05) is 0 Å². The van der Waals surface area contributed by atoms with E-state index in [0.29, 0.717) is 5.92 Å². The molecule has 1 aliphatic heterocycles. The maximum atomic E-state index is 2.53. The Kier molecular flexibility index (Phi) is 3.68. The first-order valence-corrected chi connectivity index (χ1v) is 9.09. The van der Waals surface area contributed by atoms with Crippen molar-refractivity contribution in [3.8, 4) is 11.3 Å². The van der Waals surface area contributed by atoms with E-state index in [1.165, 1.54) is 44.4 Å². The molecule has 0 N–H and O–H groups in total. The molecule has 0 saturated carbocycles. The second-order valence-electron chi connectivity index (χ2n) is 7.68. The van der Waals surface area contributed by atoms with E-state index in [9.17, 15) is 0 Å².